The molecule has 1 fully saturated rings. The summed E-state index contributed by atoms with van der Waals surface area (Å²) in [6.07, 6.45) is 0. The Morgan fingerprint density at radius 2 is 1.94 bits per heavy atom. The molecule has 94 valence electrons. The van der Waals surface area contributed by atoms with E-state index >= 15 is 0 Å². The first-order chi connectivity index (χ1) is 7.98. The summed E-state index contributed by atoms with van der Waals surface area (Å²) in [6, 6.07) is 8.63. The topological polar surface area (TPSA) is 38.5 Å². The second kappa shape index (κ2) is 4.67. The molecule has 1 aliphatic heterocycles. The Morgan fingerprint density at radius 3 is 2.47 bits per heavy atom. The van der Waals surface area contributed by atoms with Gasteiger partial charge in [0.2, 0.25) is 0 Å². The van der Waals surface area contributed by atoms with Gasteiger partial charge >= 0.3 is 0 Å². The first-order valence-electron chi connectivity index (χ1n) is 6.22. The predicted octanol–water partition coefficient (Wildman–Crippen LogP) is 2.32. The molecular formula is C14H22N2O. The summed E-state index contributed by atoms with van der Waals surface area (Å²) in [4.78, 5) is 2.37. The highest BCUT2D eigenvalue weighted by molar-refractivity contribution is 5.48. The van der Waals surface area contributed by atoms with E-state index in [-0.39, 0.29) is 11.6 Å². The van der Waals surface area contributed by atoms with Crippen LogP contribution in [0.3, 0.4) is 0 Å². The van der Waals surface area contributed by atoms with E-state index in [0.717, 1.165) is 19.7 Å². The summed E-state index contributed by atoms with van der Waals surface area (Å²) in [7, 11) is 0. The van der Waals surface area contributed by atoms with Gasteiger partial charge in [-0.3, -0.25) is 0 Å². The molecule has 2 rings (SSSR count). The van der Waals surface area contributed by atoms with Gasteiger partial charge in [0.25, 0.3) is 0 Å². The molecule has 1 heterocycles. The fourth-order valence-electron chi connectivity index (χ4n) is 2.23. The smallest absolute Gasteiger partial charge is 0.0801 e. The highest BCUT2D eigenvalue weighted by Gasteiger charge is 2.27. The summed E-state index contributed by atoms with van der Waals surface area (Å²) >= 11 is 0. The van der Waals surface area contributed by atoms with Crippen LogP contribution < -0.4 is 10.6 Å². The van der Waals surface area contributed by atoms with Crippen molar-refractivity contribution in [2.24, 2.45) is 5.73 Å². The van der Waals surface area contributed by atoms with Gasteiger partial charge in [0, 0.05) is 24.8 Å². The Morgan fingerprint density at radius 1 is 1.29 bits per heavy atom. The number of anilines is 1. The van der Waals surface area contributed by atoms with Gasteiger partial charge in [-0.15, -0.1) is 0 Å². The summed E-state index contributed by atoms with van der Waals surface area (Å²) in [5.41, 5.74) is 8.23. The van der Waals surface area contributed by atoms with Crippen molar-refractivity contribution < 1.29 is 4.74 Å². The van der Waals surface area contributed by atoms with Crippen molar-refractivity contribution in [3.63, 3.8) is 0 Å². The van der Waals surface area contributed by atoms with Crippen LogP contribution in [0.2, 0.25) is 0 Å². The molecule has 1 unspecified atom stereocenters. The zero-order chi connectivity index (χ0) is 12.5. The number of benzene rings is 1. The number of nitrogens with zero attached hydrogens (tertiary/aromatic N) is 1. The van der Waals surface area contributed by atoms with Crippen LogP contribution in [0.25, 0.3) is 0 Å². The van der Waals surface area contributed by atoms with E-state index in [9.17, 15) is 0 Å². The van der Waals surface area contributed by atoms with Gasteiger partial charge in [0.1, 0.15) is 0 Å². The minimum Gasteiger partial charge on any atom is -0.372 e. The van der Waals surface area contributed by atoms with Crippen LogP contribution in [0.5, 0.6) is 0 Å². The summed E-state index contributed by atoms with van der Waals surface area (Å²) in [5.74, 6) is 0. The largest absolute Gasteiger partial charge is 0.372 e. The molecule has 17 heavy (non-hydrogen) atoms. The van der Waals surface area contributed by atoms with E-state index in [4.69, 9.17) is 10.5 Å². The molecule has 1 saturated heterocycles. The van der Waals surface area contributed by atoms with Crippen molar-refractivity contribution in [1.82, 2.24) is 0 Å². The number of nitrogens with two attached hydrogens (primary N) is 1. The van der Waals surface area contributed by atoms with Crippen molar-refractivity contribution in [3.05, 3.63) is 29.8 Å². The molecule has 3 heteroatoms. The molecule has 0 amide bonds. The molecule has 0 spiro atoms. The van der Waals surface area contributed by atoms with E-state index in [2.05, 4.69) is 43.0 Å². The maximum atomic E-state index is 5.85. The Balaban J connectivity index is 2.12. The van der Waals surface area contributed by atoms with Gasteiger partial charge in [-0.05, 0) is 38.5 Å². The number of rotatable bonds is 2. The summed E-state index contributed by atoms with van der Waals surface area (Å²) in [6.45, 7) is 8.96. The monoisotopic (exact) mass is 234 g/mol. The highest BCUT2D eigenvalue weighted by atomic mass is 16.5. The maximum absolute atomic E-state index is 5.85. The van der Waals surface area contributed by atoms with Crippen LogP contribution in [0, 0.1) is 0 Å². The Kier molecular flexibility index (Phi) is 3.40. The first-order valence-corrected chi connectivity index (χ1v) is 6.22. The zero-order valence-electron chi connectivity index (χ0n) is 10.9. The molecule has 0 bridgehead atoms. The van der Waals surface area contributed by atoms with Crippen LogP contribution >= 0.6 is 0 Å². The molecule has 1 aromatic carbocycles. The number of hydrogen-bond acceptors (Lipinski definition) is 3. The van der Waals surface area contributed by atoms with Gasteiger partial charge in [-0.2, -0.15) is 0 Å². The van der Waals surface area contributed by atoms with Gasteiger partial charge in [-0.25, -0.2) is 0 Å². The third kappa shape index (κ3) is 2.99. The van der Waals surface area contributed by atoms with E-state index in [1.807, 2.05) is 6.92 Å². The standard InChI is InChI=1S/C14H22N2O/c1-11(15)12-4-6-13(7-5-12)16-8-9-17-14(2,3)10-16/h4-7,11H,8-10,15H2,1-3H3. The number of morpholine rings is 1. The average Bonchev–Trinajstić information content (AvgIpc) is 2.28. The lowest BCUT2D eigenvalue weighted by molar-refractivity contribution is -0.0276. The second-order valence-electron chi connectivity index (χ2n) is 5.41. The number of ether oxygens (including phenoxy) is 1. The minimum absolute atomic E-state index is 0.0575. The van der Waals surface area contributed by atoms with E-state index in [1.54, 1.807) is 0 Å². The molecule has 0 saturated carbocycles. The lowest BCUT2D eigenvalue weighted by Crippen LogP contribution is -2.48. The van der Waals surface area contributed by atoms with E-state index in [0.29, 0.717) is 0 Å². The molecule has 0 radical (unpaired) electrons. The second-order valence-corrected chi connectivity index (χ2v) is 5.41. The van der Waals surface area contributed by atoms with Crippen LogP contribution in [0.1, 0.15) is 32.4 Å². The van der Waals surface area contributed by atoms with Gasteiger partial charge in [-0.1, -0.05) is 12.1 Å². The molecule has 1 atom stereocenters. The van der Waals surface area contributed by atoms with E-state index < -0.39 is 0 Å². The van der Waals surface area contributed by atoms with Crippen LogP contribution in [-0.4, -0.2) is 25.3 Å². The third-order valence-corrected chi connectivity index (χ3v) is 3.21. The lowest BCUT2D eigenvalue weighted by atomic mass is 10.1. The van der Waals surface area contributed by atoms with Crippen LogP contribution in [0.4, 0.5) is 5.69 Å². The molecular weight excluding hydrogens is 212 g/mol. The quantitative estimate of drug-likeness (QED) is 0.853. The third-order valence-electron chi connectivity index (χ3n) is 3.21. The fourth-order valence-corrected chi connectivity index (χ4v) is 2.23. The van der Waals surface area contributed by atoms with Crippen molar-refractivity contribution >= 4 is 5.69 Å². The van der Waals surface area contributed by atoms with Crippen molar-refractivity contribution in [2.45, 2.75) is 32.4 Å². The summed E-state index contributed by atoms with van der Waals surface area (Å²) < 4.78 is 5.72. The normalized spacial score (nSPS) is 21.3. The minimum atomic E-state index is -0.0575. The molecule has 1 aromatic rings. The molecule has 2 N–H and O–H groups in total. The molecule has 0 aliphatic carbocycles. The number of hydrogen-bond donors (Lipinski definition) is 1. The fraction of sp³-hybridized carbons (Fsp3) is 0.571. The van der Waals surface area contributed by atoms with Gasteiger partial charge in [0.05, 0.1) is 12.2 Å². The maximum Gasteiger partial charge on any atom is 0.0801 e. The predicted molar refractivity (Wildman–Crippen MR) is 71.3 cm³/mol. The summed E-state index contributed by atoms with van der Waals surface area (Å²) in [5, 5.41) is 0. The first kappa shape index (κ1) is 12.4. The van der Waals surface area contributed by atoms with Crippen molar-refractivity contribution in [3.8, 4) is 0 Å². The lowest BCUT2D eigenvalue weighted by Gasteiger charge is -2.39. The zero-order valence-corrected chi connectivity index (χ0v) is 10.9. The van der Waals surface area contributed by atoms with Gasteiger partial charge in [0.15, 0.2) is 0 Å². The average molecular weight is 234 g/mol. The van der Waals surface area contributed by atoms with Crippen LogP contribution in [0.15, 0.2) is 24.3 Å². The van der Waals surface area contributed by atoms with E-state index in [1.165, 1.54) is 11.3 Å². The molecule has 0 aromatic heterocycles. The SMILES string of the molecule is CC(N)c1ccc(N2CCOC(C)(C)C2)cc1. The Bertz CT molecular complexity index is 370. The van der Waals surface area contributed by atoms with Crippen molar-refractivity contribution in [2.75, 3.05) is 24.6 Å². The Hall–Kier alpha value is -1.06. The van der Waals surface area contributed by atoms with Crippen LogP contribution in [-0.2, 0) is 4.74 Å². The highest BCUT2D eigenvalue weighted by Crippen LogP contribution is 2.24. The molecule has 1 aliphatic rings. The Labute approximate surface area is 104 Å². The van der Waals surface area contributed by atoms with Gasteiger partial charge < -0.3 is 15.4 Å². The van der Waals surface area contributed by atoms with Crippen molar-refractivity contribution in [1.29, 1.82) is 0 Å². The molecule has 3 nitrogen and oxygen atoms in total.